The minimum atomic E-state index is -0.0480. The number of anilines is 2. The van der Waals surface area contributed by atoms with Crippen molar-refractivity contribution in [2.24, 2.45) is 0 Å². The lowest BCUT2D eigenvalue weighted by Gasteiger charge is -2.15. The molecule has 1 unspecified atom stereocenters. The molecular weight excluding hydrogens is 550 g/mol. The van der Waals surface area contributed by atoms with Crippen LogP contribution in [0.1, 0.15) is 35.3 Å². The Hall–Kier alpha value is -4.21. The number of benzene rings is 2. The van der Waals surface area contributed by atoms with Gasteiger partial charge in [-0.25, -0.2) is 9.97 Å². The van der Waals surface area contributed by atoms with Gasteiger partial charge in [-0.1, -0.05) is 35.9 Å². The van der Waals surface area contributed by atoms with Crippen LogP contribution in [0.2, 0.25) is 5.02 Å². The monoisotopic (exact) mass is 587 g/mol. The van der Waals surface area contributed by atoms with Crippen LogP contribution in [0.5, 0.6) is 0 Å². The Kier molecular flexibility index (Phi) is 10.7. The highest BCUT2D eigenvalue weighted by Crippen LogP contribution is 2.35. The van der Waals surface area contributed by atoms with E-state index in [1.165, 1.54) is 6.08 Å². The third kappa shape index (κ3) is 7.96. The van der Waals surface area contributed by atoms with Crippen molar-refractivity contribution >= 4 is 46.3 Å². The second-order valence-corrected chi connectivity index (χ2v) is 10.9. The number of allylic oxidation sites excluding steroid dienone is 1. The maximum Gasteiger partial charge on any atom is 0.251 e. The lowest BCUT2D eigenvalue weighted by atomic mass is 10.1. The summed E-state index contributed by atoms with van der Waals surface area (Å²) < 4.78 is 0. The number of rotatable bonds is 9. The van der Waals surface area contributed by atoms with Gasteiger partial charge in [0.15, 0.2) is 0 Å². The van der Waals surface area contributed by atoms with E-state index in [-0.39, 0.29) is 18.0 Å². The molecule has 10 heteroatoms. The SMILES string of the molecule is CN(C)C/C=C/C=O.CNc1ccc(C(=O)NC2CC[C@H](Nc3ncc(Cl)c(-c4c(C)[nH]c5ccccc45)n3)C2)cc1. The lowest BCUT2D eigenvalue weighted by Crippen LogP contribution is -2.34. The number of para-hydroxylation sites is 1. The number of halogens is 1. The summed E-state index contributed by atoms with van der Waals surface area (Å²) in [5, 5.41) is 11.3. The van der Waals surface area contributed by atoms with Crippen molar-refractivity contribution in [3.8, 4) is 11.3 Å². The van der Waals surface area contributed by atoms with E-state index in [2.05, 4.69) is 32.0 Å². The summed E-state index contributed by atoms with van der Waals surface area (Å²) in [5.74, 6) is 0.497. The molecule has 0 radical (unpaired) electrons. The van der Waals surface area contributed by atoms with Crippen LogP contribution in [0.3, 0.4) is 0 Å². The van der Waals surface area contributed by atoms with E-state index in [0.29, 0.717) is 22.2 Å². The first-order valence-corrected chi connectivity index (χ1v) is 14.4. The van der Waals surface area contributed by atoms with E-state index in [4.69, 9.17) is 16.6 Å². The fourth-order valence-electron chi connectivity index (χ4n) is 5.00. The van der Waals surface area contributed by atoms with Crippen molar-refractivity contribution in [3.05, 3.63) is 83.2 Å². The van der Waals surface area contributed by atoms with Crippen molar-refractivity contribution in [2.75, 3.05) is 38.3 Å². The highest BCUT2D eigenvalue weighted by atomic mass is 35.5. The molecule has 2 atom stereocenters. The first kappa shape index (κ1) is 30.7. The van der Waals surface area contributed by atoms with Crippen LogP contribution in [0.25, 0.3) is 22.2 Å². The number of aromatic amines is 1. The van der Waals surface area contributed by atoms with Crippen molar-refractivity contribution in [1.82, 2.24) is 25.2 Å². The number of nitrogens with zero attached hydrogens (tertiary/aromatic N) is 3. The molecule has 0 aliphatic heterocycles. The molecule has 1 aliphatic carbocycles. The van der Waals surface area contributed by atoms with Gasteiger partial charge < -0.3 is 25.8 Å². The number of nitrogens with one attached hydrogen (secondary N) is 4. The minimum absolute atomic E-state index is 0.0480. The van der Waals surface area contributed by atoms with Crippen LogP contribution in [-0.2, 0) is 4.79 Å². The third-order valence-electron chi connectivity index (χ3n) is 7.10. The number of aldehydes is 1. The average Bonchev–Trinajstić information content (AvgIpc) is 3.56. The molecule has 0 spiro atoms. The maximum absolute atomic E-state index is 12.6. The Labute approximate surface area is 251 Å². The first-order valence-electron chi connectivity index (χ1n) is 14.0. The van der Waals surface area contributed by atoms with E-state index in [1.54, 1.807) is 6.20 Å². The molecule has 1 aliphatic rings. The normalized spacial score (nSPS) is 16.3. The summed E-state index contributed by atoms with van der Waals surface area (Å²) >= 11 is 6.52. The Morgan fingerprint density at radius 1 is 1.12 bits per heavy atom. The van der Waals surface area contributed by atoms with Crippen LogP contribution < -0.4 is 16.0 Å². The number of carbonyl (C=O) groups excluding carboxylic acids is 2. The maximum atomic E-state index is 12.6. The number of fused-ring (bicyclic) bond motifs is 1. The number of amides is 1. The summed E-state index contributed by atoms with van der Waals surface area (Å²) in [5.41, 5.74) is 5.41. The van der Waals surface area contributed by atoms with Gasteiger partial charge in [-0.05, 0) is 76.7 Å². The summed E-state index contributed by atoms with van der Waals surface area (Å²) in [6, 6.07) is 15.9. The number of aromatic nitrogens is 3. The standard InChI is InChI=1S/C26H27ClN6O.C6H11NO/c1-15-23(20-5-3-4-6-22(20)30-15)24-21(27)14-29-26(33-24)32-19-12-11-18(13-19)31-25(34)16-7-9-17(28-2)10-8-16;1-7(2)5-3-4-6-8/h3-10,14,18-19,28,30H,11-13H2,1-2H3,(H,31,34)(H,29,32,33);3-4,6H,5H2,1-2H3/b;4-3+/t18?,19-;/m0./s1. The van der Waals surface area contributed by atoms with Crippen LogP contribution >= 0.6 is 11.6 Å². The van der Waals surface area contributed by atoms with Crippen LogP contribution in [-0.4, -0.2) is 71.8 Å². The second-order valence-electron chi connectivity index (χ2n) is 10.5. The molecule has 2 aromatic heterocycles. The quantitative estimate of drug-likeness (QED) is 0.147. The molecule has 1 amide bonds. The number of carbonyl (C=O) groups is 2. The van der Waals surface area contributed by atoms with Gasteiger partial charge in [0.2, 0.25) is 5.95 Å². The summed E-state index contributed by atoms with van der Waals surface area (Å²) in [7, 11) is 5.76. The molecule has 2 heterocycles. The van der Waals surface area contributed by atoms with Gasteiger partial charge in [0, 0.05) is 59.1 Å². The van der Waals surface area contributed by atoms with E-state index in [0.717, 1.165) is 59.9 Å². The molecular formula is C32H38ClN7O2. The predicted molar refractivity (Wildman–Crippen MR) is 171 cm³/mol. The largest absolute Gasteiger partial charge is 0.388 e. The van der Waals surface area contributed by atoms with Crippen molar-refractivity contribution in [3.63, 3.8) is 0 Å². The zero-order valence-corrected chi connectivity index (χ0v) is 25.2. The molecule has 9 nitrogen and oxygen atoms in total. The number of hydrogen-bond acceptors (Lipinski definition) is 7. The van der Waals surface area contributed by atoms with Gasteiger partial charge in [0.05, 0.1) is 16.9 Å². The Morgan fingerprint density at radius 2 is 1.86 bits per heavy atom. The third-order valence-corrected chi connectivity index (χ3v) is 7.37. The molecule has 220 valence electrons. The van der Waals surface area contributed by atoms with Crippen molar-refractivity contribution in [1.29, 1.82) is 0 Å². The molecule has 1 fully saturated rings. The lowest BCUT2D eigenvalue weighted by molar-refractivity contribution is -0.104. The molecule has 5 rings (SSSR count). The topological polar surface area (TPSA) is 115 Å². The molecule has 2 aromatic carbocycles. The first-order chi connectivity index (χ1) is 20.3. The number of likely N-dealkylation sites (N-methyl/N-ethyl adjacent to an activating group) is 1. The summed E-state index contributed by atoms with van der Waals surface area (Å²) in [6.45, 7) is 2.86. The molecule has 0 bridgehead atoms. The number of aryl methyl sites for hydroxylation is 1. The van der Waals surface area contributed by atoms with Crippen molar-refractivity contribution in [2.45, 2.75) is 38.3 Å². The highest BCUT2D eigenvalue weighted by molar-refractivity contribution is 6.33. The molecule has 42 heavy (non-hydrogen) atoms. The fraction of sp³-hybridized carbons (Fsp3) is 0.312. The Balaban J connectivity index is 0.000000446. The highest BCUT2D eigenvalue weighted by Gasteiger charge is 2.27. The Morgan fingerprint density at radius 3 is 2.57 bits per heavy atom. The molecule has 0 saturated heterocycles. The summed E-state index contributed by atoms with van der Waals surface area (Å²) in [6.07, 6.45) is 8.39. The van der Waals surface area contributed by atoms with Gasteiger partial charge >= 0.3 is 0 Å². The fourth-order valence-corrected chi connectivity index (χ4v) is 5.19. The molecule has 1 saturated carbocycles. The van der Waals surface area contributed by atoms with Gasteiger partial charge in [0.25, 0.3) is 5.91 Å². The average molecular weight is 588 g/mol. The van der Waals surface area contributed by atoms with Crippen LogP contribution in [0.15, 0.2) is 66.9 Å². The van der Waals surface area contributed by atoms with E-state index < -0.39 is 0 Å². The molecule has 4 aromatic rings. The smallest absolute Gasteiger partial charge is 0.251 e. The molecule has 4 N–H and O–H groups in total. The van der Waals surface area contributed by atoms with Crippen LogP contribution in [0.4, 0.5) is 11.6 Å². The number of hydrogen-bond donors (Lipinski definition) is 4. The predicted octanol–water partition coefficient (Wildman–Crippen LogP) is 5.69. The zero-order valence-electron chi connectivity index (χ0n) is 24.4. The van der Waals surface area contributed by atoms with E-state index >= 15 is 0 Å². The van der Waals surface area contributed by atoms with Gasteiger partial charge in [-0.3, -0.25) is 9.59 Å². The second kappa shape index (κ2) is 14.6. The summed E-state index contributed by atoms with van der Waals surface area (Å²) in [4.78, 5) is 36.9. The zero-order chi connectivity index (χ0) is 30.1. The van der Waals surface area contributed by atoms with Crippen molar-refractivity contribution < 1.29 is 9.59 Å². The van der Waals surface area contributed by atoms with E-state index in [1.807, 2.05) is 81.5 Å². The van der Waals surface area contributed by atoms with Gasteiger partial charge in [-0.15, -0.1) is 0 Å². The van der Waals surface area contributed by atoms with E-state index in [9.17, 15) is 9.59 Å². The van der Waals surface area contributed by atoms with Gasteiger partial charge in [0.1, 0.15) is 6.29 Å². The minimum Gasteiger partial charge on any atom is -0.388 e. The Bertz CT molecular complexity index is 1530. The number of H-pyrrole nitrogens is 1. The van der Waals surface area contributed by atoms with Crippen LogP contribution in [0, 0.1) is 6.92 Å². The van der Waals surface area contributed by atoms with Gasteiger partial charge in [-0.2, -0.15) is 0 Å².